The van der Waals surface area contributed by atoms with E-state index in [1.807, 2.05) is 24.3 Å². The van der Waals surface area contributed by atoms with Gasteiger partial charge in [0.05, 0.1) is 11.4 Å². The Morgan fingerprint density at radius 3 is 2.41 bits per heavy atom. The monoisotopic (exact) mass is 334 g/mol. The molecule has 0 saturated carbocycles. The van der Waals surface area contributed by atoms with Crippen molar-refractivity contribution in [1.82, 2.24) is 0 Å². The van der Waals surface area contributed by atoms with Gasteiger partial charge in [0.15, 0.2) is 14.1 Å². The molecule has 0 radical (unpaired) electrons. The van der Waals surface area contributed by atoms with Gasteiger partial charge in [0.2, 0.25) is 0 Å². The Labute approximate surface area is 139 Å². The van der Waals surface area contributed by atoms with Crippen LogP contribution < -0.4 is 0 Å². The number of rotatable bonds is 4. The predicted octanol–water partition coefficient (Wildman–Crippen LogP) is 5.07. The molecule has 0 bridgehead atoms. The summed E-state index contributed by atoms with van der Waals surface area (Å²) in [5, 5.41) is 0.145. The number of allylic oxidation sites excluding steroid dienone is 1. The van der Waals surface area contributed by atoms with E-state index in [4.69, 9.17) is 4.43 Å². The molecule has 0 aliphatic heterocycles. The minimum Gasteiger partial charge on any atom is -0.410 e. The fraction of sp³-hybridized carbons (Fsp3) is 0.500. The highest BCUT2D eigenvalue weighted by molar-refractivity contribution is 8.00. The van der Waals surface area contributed by atoms with Crippen LogP contribution in [-0.2, 0) is 9.22 Å². The molecular weight excluding hydrogens is 308 g/mol. The average Bonchev–Trinajstić information content (AvgIpc) is 2.42. The third-order valence-electron chi connectivity index (χ3n) is 4.51. The second kappa shape index (κ2) is 6.73. The molecule has 1 aliphatic carbocycles. The first-order chi connectivity index (χ1) is 10.2. The zero-order valence-corrected chi connectivity index (χ0v) is 15.9. The molecule has 120 valence electrons. The molecule has 2 nitrogen and oxygen atoms in total. The van der Waals surface area contributed by atoms with Gasteiger partial charge in [-0.05, 0) is 42.8 Å². The van der Waals surface area contributed by atoms with E-state index in [2.05, 4.69) is 46.0 Å². The SMILES string of the molecule is CC(C)(C)[Si](C)(C)O[C@H]1C=CC(=O)C(Sc2ccccc2)C1. The van der Waals surface area contributed by atoms with Crippen molar-refractivity contribution in [2.24, 2.45) is 0 Å². The Bertz CT molecular complexity index is 546. The van der Waals surface area contributed by atoms with Gasteiger partial charge < -0.3 is 4.43 Å². The number of benzene rings is 1. The van der Waals surface area contributed by atoms with Crippen molar-refractivity contribution < 1.29 is 9.22 Å². The number of thioether (sulfide) groups is 1. The maximum Gasteiger partial charge on any atom is 0.192 e. The third kappa shape index (κ3) is 4.34. The first-order valence-electron chi connectivity index (χ1n) is 7.80. The van der Waals surface area contributed by atoms with Crippen LogP contribution in [0.1, 0.15) is 27.2 Å². The lowest BCUT2D eigenvalue weighted by atomic mass is 10.0. The molecule has 1 aromatic rings. The van der Waals surface area contributed by atoms with Gasteiger partial charge in [-0.3, -0.25) is 4.79 Å². The maximum absolute atomic E-state index is 12.2. The van der Waals surface area contributed by atoms with Crippen molar-refractivity contribution in [3.05, 3.63) is 42.5 Å². The normalized spacial score (nSPS) is 22.9. The minimum atomic E-state index is -1.81. The highest BCUT2D eigenvalue weighted by atomic mass is 32.2. The molecule has 0 amide bonds. The lowest BCUT2D eigenvalue weighted by Gasteiger charge is -2.39. The van der Waals surface area contributed by atoms with Crippen LogP contribution in [-0.4, -0.2) is 25.5 Å². The number of carbonyl (C=O) groups excluding carboxylic acids is 1. The molecular formula is C18H26O2SSi. The number of carbonyl (C=O) groups is 1. The summed E-state index contributed by atoms with van der Waals surface area (Å²) < 4.78 is 6.45. The Balaban J connectivity index is 2.05. The predicted molar refractivity (Wildman–Crippen MR) is 96.9 cm³/mol. The zero-order chi connectivity index (χ0) is 16.4. The molecule has 0 heterocycles. The van der Waals surface area contributed by atoms with Crippen LogP contribution in [0.2, 0.25) is 18.1 Å². The summed E-state index contributed by atoms with van der Waals surface area (Å²) in [6, 6.07) is 10.1. The lowest BCUT2D eigenvalue weighted by Crippen LogP contribution is -2.45. The highest BCUT2D eigenvalue weighted by Gasteiger charge is 2.40. The molecule has 1 unspecified atom stereocenters. The van der Waals surface area contributed by atoms with Crippen LogP contribution in [0.4, 0.5) is 0 Å². The first kappa shape index (κ1) is 17.5. The van der Waals surface area contributed by atoms with Crippen LogP contribution >= 0.6 is 11.8 Å². The smallest absolute Gasteiger partial charge is 0.192 e. The summed E-state index contributed by atoms with van der Waals surface area (Å²) in [5.74, 6) is 0.198. The van der Waals surface area contributed by atoms with Crippen molar-refractivity contribution in [3.8, 4) is 0 Å². The van der Waals surface area contributed by atoms with Crippen molar-refractivity contribution in [3.63, 3.8) is 0 Å². The lowest BCUT2D eigenvalue weighted by molar-refractivity contribution is -0.115. The molecule has 2 atom stereocenters. The molecule has 0 spiro atoms. The summed E-state index contributed by atoms with van der Waals surface area (Å²) in [5.41, 5.74) is 0. The highest BCUT2D eigenvalue weighted by Crippen LogP contribution is 2.39. The molecule has 2 rings (SSSR count). The Morgan fingerprint density at radius 2 is 1.82 bits per heavy atom. The quantitative estimate of drug-likeness (QED) is 0.719. The van der Waals surface area contributed by atoms with Gasteiger partial charge in [-0.1, -0.05) is 45.0 Å². The van der Waals surface area contributed by atoms with Gasteiger partial charge in [-0.25, -0.2) is 0 Å². The van der Waals surface area contributed by atoms with Gasteiger partial charge >= 0.3 is 0 Å². The fourth-order valence-electron chi connectivity index (χ4n) is 2.13. The van der Waals surface area contributed by atoms with Crippen molar-refractivity contribution in [2.45, 2.75) is 61.6 Å². The van der Waals surface area contributed by atoms with E-state index >= 15 is 0 Å². The van der Waals surface area contributed by atoms with Crippen LogP contribution in [0.5, 0.6) is 0 Å². The van der Waals surface area contributed by atoms with Gasteiger partial charge in [0.25, 0.3) is 0 Å². The molecule has 1 aliphatic rings. The summed E-state index contributed by atoms with van der Waals surface area (Å²) in [4.78, 5) is 13.3. The Hall–Kier alpha value is -0.843. The zero-order valence-electron chi connectivity index (χ0n) is 14.1. The first-order valence-corrected chi connectivity index (χ1v) is 11.6. The van der Waals surface area contributed by atoms with Gasteiger partial charge in [0, 0.05) is 4.90 Å². The summed E-state index contributed by atoms with van der Waals surface area (Å²) >= 11 is 1.64. The number of hydrogen-bond donors (Lipinski definition) is 0. The van der Waals surface area contributed by atoms with Gasteiger partial charge in [-0.15, -0.1) is 11.8 Å². The maximum atomic E-state index is 12.2. The molecule has 0 saturated heterocycles. The molecule has 22 heavy (non-hydrogen) atoms. The second-order valence-corrected chi connectivity index (χ2v) is 13.4. The molecule has 0 aromatic heterocycles. The van der Waals surface area contributed by atoms with Crippen molar-refractivity contribution in [2.75, 3.05) is 0 Å². The van der Waals surface area contributed by atoms with Crippen molar-refractivity contribution >= 4 is 25.9 Å². The van der Waals surface area contributed by atoms with E-state index < -0.39 is 8.32 Å². The van der Waals surface area contributed by atoms with E-state index in [0.29, 0.717) is 0 Å². The topological polar surface area (TPSA) is 26.3 Å². The Morgan fingerprint density at radius 1 is 1.18 bits per heavy atom. The molecule has 0 fully saturated rings. The van der Waals surface area contributed by atoms with E-state index in [-0.39, 0.29) is 22.2 Å². The van der Waals surface area contributed by atoms with Gasteiger partial charge in [0.1, 0.15) is 0 Å². The molecule has 0 N–H and O–H groups in total. The average molecular weight is 335 g/mol. The van der Waals surface area contributed by atoms with E-state index in [1.165, 1.54) is 0 Å². The second-order valence-electron chi connectivity index (χ2n) is 7.33. The van der Waals surface area contributed by atoms with E-state index in [9.17, 15) is 4.79 Å². The molecule has 4 heteroatoms. The standard InChI is InChI=1S/C18H26O2SSi/c1-18(2,3)22(4,5)20-14-11-12-16(19)17(13-14)21-15-9-7-6-8-10-15/h6-12,14,17H,13H2,1-5H3/t14-,17?/m0/s1. The summed E-state index contributed by atoms with van der Waals surface area (Å²) in [7, 11) is -1.81. The number of ketones is 1. The summed E-state index contributed by atoms with van der Waals surface area (Å²) in [6.45, 7) is 11.3. The van der Waals surface area contributed by atoms with Crippen molar-refractivity contribution in [1.29, 1.82) is 0 Å². The van der Waals surface area contributed by atoms with Gasteiger partial charge in [-0.2, -0.15) is 0 Å². The fourth-order valence-corrected chi connectivity index (χ4v) is 4.54. The van der Waals surface area contributed by atoms with E-state index in [0.717, 1.165) is 11.3 Å². The Kier molecular flexibility index (Phi) is 5.36. The third-order valence-corrected chi connectivity index (χ3v) is 10.3. The number of hydrogen-bond acceptors (Lipinski definition) is 3. The molecule has 1 aromatic carbocycles. The summed E-state index contributed by atoms with van der Waals surface area (Å²) in [6.07, 6.45) is 4.48. The van der Waals surface area contributed by atoms with E-state index in [1.54, 1.807) is 17.8 Å². The van der Waals surface area contributed by atoms with Crippen LogP contribution in [0.3, 0.4) is 0 Å². The van der Waals surface area contributed by atoms with Crippen LogP contribution in [0, 0.1) is 0 Å². The minimum absolute atomic E-state index is 0.0397. The van der Waals surface area contributed by atoms with Crippen LogP contribution in [0.15, 0.2) is 47.4 Å². The largest absolute Gasteiger partial charge is 0.410 e. The van der Waals surface area contributed by atoms with Crippen LogP contribution in [0.25, 0.3) is 0 Å².